The lowest BCUT2D eigenvalue weighted by atomic mass is 10.2. The molecule has 0 radical (unpaired) electrons. The first kappa shape index (κ1) is 12.3. The maximum atomic E-state index is 11.9. The highest BCUT2D eigenvalue weighted by atomic mass is 79.9. The SMILES string of the molecule is O=C(NCc1ccn[nH]1)c1cc(Br)ccc1Br. The van der Waals surface area contributed by atoms with Crippen molar-refractivity contribution in [2.75, 3.05) is 0 Å². The van der Waals surface area contributed by atoms with Crippen LogP contribution in [0.5, 0.6) is 0 Å². The van der Waals surface area contributed by atoms with Crippen LogP contribution >= 0.6 is 31.9 Å². The molecule has 0 spiro atoms. The Morgan fingerprint density at radius 2 is 2.18 bits per heavy atom. The number of rotatable bonds is 3. The zero-order valence-electron chi connectivity index (χ0n) is 8.71. The summed E-state index contributed by atoms with van der Waals surface area (Å²) in [5.74, 6) is -0.132. The Morgan fingerprint density at radius 3 is 2.88 bits per heavy atom. The van der Waals surface area contributed by atoms with Gasteiger partial charge in [0.1, 0.15) is 0 Å². The Kier molecular flexibility index (Phi) is 3.96. The van der Waals surface area contributed by atoms with Crippen molar-refractivity contribution in [3.8, 4) is 0 Å². The molecule has 0 aliphatic carbocycles. The maximum Gasteiger partial charge on any atom is 0.252 e. The molecule has 88 valence electrons. The minimum atomic E-state index is -0.132. The molecule has 1 aromatic heterocycles. The third-order valence-corrected chi connectivity index (χ3v) is 3.36. The van der Waals surface area contributed by atoms with E-state index in [1.54, 1.807) is 12.3 Å². The van der Waals surface area contributed by atoms with Crippen molar-refractivity contribution >= 4 is 37.8 Å². The van der Waals surface area contributed by atoms with Crippen LogP contribution in [0.4, 0.5) is 0 Å². The molecule has 0 fully saturated rings. The topological polar surface area (TPSA) is 57.8 Å². The summed E-state index contributed by atoms with van der Waals surface area (Å²) in [4.78, 5) is 11.9. The van der Waals surface area contributed by atoms with E-state index in [-0.39, 0.29) is 5.91 Å². The molecule has 6 heteroatoms. The molecule has 0 unspecified atom stereocenters. The fourth-order valence-corrected chi connectivity index (χ4v) is 2.11. The average molecular weight is 359 g/mol. The van der Waals surface area contributed by atoms with E-state index in [9.17, 15) is 4.79 Å². The highest BCUT2D eigenvalue weighted by Crippen LogP contribution is 2.21. The van der Waals surface area contributed by atoms with Gasteiger partial charge in [-0.25, -0.2) is 0 Å². The normalized spacial score (nSPS) is 10.2. The number of nitrogens with zero attached hydrogens (tertiary/aromatic N) is 1. The lowest BCUT2D eigenvalue weighted by Gasteiger charge is -2.06. The van der Waals surface area contributed by atoms with Crippen molar-refractivity contribution in [2.24, 2.45) is 0 Å². The summed E-state index contributed by atoms with van der Waals surface area (Å²) in [6.45, 7) is 0.428. The van der Waals surface area contributed by atoms with Crippen molar-refractivity contribution in [1.82, 2.24) is 15.5 Å². The quantitative estimate of drug-likeness (QED) is 0.886. The van der Waals surface area contributed by atoms with Gasteiger partial charge in [0.05, 0.1) is 17.8 Å². The second-order valence-electron chi connectivity index (χ2n) is 3.39. The van der Waals surface area contributed by atoms with Crippen LogP contribution in [0.25, 0.3) is 0 Å². The van der Waals surface area contributed by atoms with Crippen molar-refractivity contribution in [2.45, 2.75) is 6.54 Å². The summed E-state index contributed by atoms with van der Waals surface area (Å²) in [7, 11) is 0. The number of aromatic nitrogens is 2. The van der Waals surface area contributed by atoms with E-state index >= 15 is 0 Å². The third-order valence-electron chi connectivity index (χ3n) is 2.17. The maximum absolute atomic E-state index is 11.9. The molecular formula is C11H9Br2N3O. The second-order valence-corrected chi connectivity index (χ2v) is 5.16. The molecule has 1 heterocycles. The predicted octanol–water partition coefficient (Wildman–Crippen LogP) is 2.86. The molecule has 0 aliphatic heterocycles. The van der Waals surface area contributed by atoms with E-state index in [1.165, 1.54) is 0 Å². The predicted molar refractivity (Wildman–Crippen MR) is 71.6 cm³/mol. The first-order chi connectivity index (χ1) is 8.16. The lowest BCUT2D eigenvalue weighted by Crippen LogP contribution is -2.23. The van der Waals surface area contributed by atoms with Gasteiger partial charge in [-0.15, -0.1) is 0 Å². The van der Waals surface area contributed by atoms with Crippen LogP contribution in [0.3, 0.4) is 0 Å². The zero-order chi connectivity index (χ0) is 12.3. The molecule has 0 atom stereocenters. The highest BCUT2D eigenvalue weighted by molar-refractivity contribution is 9.11. The van der Waals surface area contributed by atoms with E-state index in [4.69, 9.17) is 0 Å². The fourth-order valence-electron chi connectivity index (χ4n) is 1.33. The molecule has 0 aliphatic rings. The molecule has 1 amide bonds. The van der Waals surface area contributed by atoms with Crippen LogP contribution in [-0.4, -0.2) is 16.1 Å². The first-order valence-corrected chi connectivity index (χ1v) is 6.47. The van der Waals surface area contributed by atoms with Gasteiger partial charge in [-0.3, -0.25) is 9.89 Å². The van der Waals surface area contributed by atoms with Gasteiger partial charge >= 0.3 is 0 Å². The van der Waals surface area contributed by atoms with Crippen LogP contribution in [0.1, 0.15) is 16.1 Å². The largest absolute Gasteiger partial charge is 0.346 e. The van der Waals surface area contributed by atoms with E-state index in [1.807, 2.05) is 18.2 Å². The fraction of sp³-hybridized carbons (Fsp3) is 0.0909. The summed E-state index contributed by atoms with van der Waals surface area (Å²) in [6.07, 6.45) is 1.65. The van der Waals surface area contributed by atoms with Gasteiger partial charge < -0.3 is 5.32 Å². The van der Waals surface area contributed by atoms with Crippen molar-refractivity contribution in [3.63, 3.8) is 0 Å². The molecule has 2 aromatic rings. The standard InChI is InChI=1S/C11H9Br2N3O/c12-7-1-2-10(13)9(5-7)11(17)14-6-8-3-4-15-16-8/h1-5H,6H2,(H,14,17)(H,15,16). The first-order valence-electron chi connectivity index (χ1n) is 4.88. The molecule has 17 heavy (non-hydrogen) atoms. The molecule has 1 aromatic carbocycles. The smallest absolute Gasteiger partial charge is 0.252 e. The Balaban J connectivity index is 2.07. The molecule has 2 N–H and O–H groups in total. The number of carbonyl (C=O) groups is 1. The highest BCUT2D eigenvalue weighted by Gasteiger charge is 2.10. The van der Waals surface area contributed by atoms with E-state index < -0.39 is 0 Å². The number of hydrogen-bond donors (Lipinski definition) is 2. The molecular weight excluding hydrogens is 350 g/mol. The number of aromatic amines is 1. The van der Waals surface area contributed by atoms with E-state index in [2.05, 4.69) is 47.4 Å². The van der Waals surface area contributed by atoms with Crippen molar-refractivity contribution in [3.05, 3.63) is 50.7 Å². The summed E-state index contributed by atoms with van der Waals surface area (Å²) < 4.78 is 1.63. The van der Waals surface area contributed by atoms with Gasteiger partial charge in [0.15, 0.2) is 0 Å². The molecule has 0 saturated carbocycles. The van der Waals surface area contributed by atoms with Crippen LogP contribution in [0, 0.1) is 0 Å². The summed E-state index contributed by atoms with van der Waals surface area (Å²) in [5.41, 5.74) is 1.46. The summed E-state index contributed by atoms with van der Waals surface area (Å²) in [5, 5.41) is 9.40. The zero-order valence-corrected chi connectivity index (χ0v) is 11.9. The Morgan fingerprint density at radius 1 is 1.35 bits per heavy atom. The number of hydrogen-bond acceptors (Lipinski definition) is 2. The third kappa shape index (κ3) is 3.17. The minimum absolute atomic E-state index is 0.132. The number of halogens is 2. The number of H-pyrrole nitrogens is 1. The number of nitrogens with one attached hydrogen (secondary N) is 2. The Labute approximate surface area is 115 Å². The second kappa shape index (κ2) is 5.46. The Hall–Kier alpha value is -1.14. The van der Waals surface area contributed by atoms with Gasteiger partial charge in [-0.2, -0.15) is 5.10 Å². The van der Waals surface area contributed by atoms with Crippen molar-refractivity contribution in [1.29, 1.82) is 0 Å². The number of amides is 1. The van der Waals surface area contributed by atoms with Crippen LogP contribution in [0.15, 0.2) is 39.4 Å². The van der Waals surface area contributed by atoms with Crippen LogP contribution < -0.4 is 5.32 Å². The summed E-state index contributed by atoms with van der Waals surface area (Å²) >= 11 is 6.69. The Bertz CT molecular complexity index is 526. The van der Waals surface area contributed by atoms with Gasteiger partial charge in [0.2, 0.25) is 0 Å². The van der Waals surface area contributed by atoms with Crippen LogP contribution in [0.2, 0.25) is 0 Å². The summed E-state index contributed by atoms with van der Waals surface area (Å²) in [6, 6.07) is 7.29. The van der Waals surface area contributed by atoms with Gasteiger partial charge in [0.25, 0.3) is 5.91 Å². The minimum Gasteiger partial charge on any atom is -0.346 e. The number of carbonyl (C=O) groups excluding carboxylic acids is 1. The monoisotopic (exact) mass is 357 g/mol. The number of benzene rings is 1. The van der Waals surface area contributed by atoms with Gasteiger partial charge in [0, 0.05) is 15.1 Å². The molecule has 4 nitrogen and oxygen atoms in total. The lowest BCUT2D eigenvalue weighted by molar-refractivity contribution is 0.0949. The van der Waals surface area contributed by atoms with Crippen LogP contribution in [-0.2, 0) is 6.54 Å². The van der Waals surface area contributed by atoms with Crippen molar-refractivity contribution < 1.29 is 4.79 Å². The molecule has 2 rings (SSSR count). The average Bonchev–Trinajstić information content (AvgIpc) is 2.82. The molecule has 0 saturated heterocycles. The van der Waals surface area contributed by atoms with Gasteiger partial charge in [-0.1, -0.05) is 15.9 Å². The molecule has 0 bridgehead atoms. The van der Waals surface area contributed by atoms with Gasteiger partial charge in [-0.05, 0) is 40.2 Å². The van der Waals surface area contributed by atoms with E-state index in [0.717, 1.165) is 14.6 Å². The van der Waals surface area contributed by atoms with E-state index in [0.29, 0.717) is 12.1 Å².